The minimum atomic E-state index is -1.53. The van der Waals surface area contributed by atoms with Crippen molar-refractivity contribution in [2.24, 2.45) is 11.1 Å². The molecular weight excluding hydrogens is 201 g/mol. The first-order valence-electron chi connectivity index (χ1n) is 5.04. The lowest BCUT2D eigenvalue weighted by Gasteiger charge is -2.20. The van der Waals surface area contributed by atoms with Crippen LogP contribution in [0, 0.1) is 5.92 Å². The Morgan fingerprint density at radius 1 is 1.73 bits per heavy atom. The van der Waals surface area contributed by atoms with Crippen molar-refractivity contribution in [1.82, 2.24) is 0 Å². The molecule has 0 bridgehead atoms. The Kier molecular flexibility index (Phi) is 3.66. The van der Waals surface area contributed by atoms with E-state index in [2.05, 4.69) is 5.16 Å². The van der Waals surface area contributed by atoms with Crippen molar-refractivity contribution in [2.45, 2.75) is 32.8 Å². The largest absolute Gasteiger partial charge is 0.463 e. The average Bonchev–Trinajstić information content (AvgIpc) is 2.63. The maximum absolute atomic E-state index is 12.9. The van der Waals surface area contributed by atoms with Crippen LogP contribution in [-0.2, 0) is 14.4 Å². The van der Waals surface area contributed by atoms with Crippen LogP contribution in [0.4, 0.5) is 4.39 Å². The highest BCUT2D eigenvalue weighted by Crippen LogP contribution is 2.28. The van der Waals surface area contributed by atoms with E-state index in [-0.39, 0.29) is 18.9 Å². The van der Waals surface area contributed by atoms with E-state index in [1.54, 1.807) is 6.92 Å². The molecule has 1 aliphatic heterocycles. The van der Waals surface area contributed by atoms with Crippen molar-refractivity contribution >= 4 is 11.7 Å². The number of halogens is 1. The van der Waals surface area contributed by atoms with Gasteiger partial charge in [0.25, 0.3) is 5.60 Å². The van der Waals surface area contributed by atoms with Gasteiger partial charge in [0.15, 0.2) is 0 Å². The Balaban J connectivity index is 2.72. The van der Waals surface area contributed by atoms with Crippen molar-refractivity contribution < 1.29 is 18.8 Å². The van der Waals surface area contributed by atoms with E-state index in [4.69, 9.17) is 9.57 Å². The van der Waals surface area contributed by atoms with Crippen LogP contribution in [0.1, 0.15) is 27.2 Å². The van der Waals surface area contributed by atoms with Crippen LogP contribution in [0.5, 0.6) is 0 Å². The third kappa shape index (κ3) is 2.27. The number of alkyl halides is 1. The highest BCUT2D eigenvalue weighted by molar-refractivity contribution is 5.94. The molecule has 0 saturated heterocycles. The number of carbonyl (C=O) groups excluding carboxylic acids is 1. The molecule has 86 valence electrons. The summed E-state index contributed by atoms with van der Waals surface area (Å²) in [6.45, 7) is 4.80. The second-order valence-electron chi connectivity index (χ2n) is 3.85. The van der Waals surface area contributed by atoms with Crippen molar-refractivity contribution in [2.75, 3.05) is 13.3 Å². The number of ether oxygens (including phenoxy) is 1. The Labute approximate surface area is 88.4 Å². The highest BCUT2D eigenvalue weighted by Gasteiger charge is 2.48. The number of esters is 1. The topological polar surface area (TPSA) is 47.9 Å². The predicted octanol–water partition coefficient (Wildman–Crippen LogP) is 1.69. The Morgan fingerprint density at radius 3 is 2.80 bits per heavy atom. The van der Waals surface area contributed by atoms with Crippen LogP contribution in [0.2, 0.25) is 0 Å². The highest BCUT2D eigenvalue weighted by atomic mass is 19.1. The predicted molar refractivity (Wildman–Crippen MR) is 53.3 cm³/mol. The second kappa shape index (κ2) is 4.59. The normalized spacial score (nSPS) is 25.0. The lowest BCUT2D eigenvalue weighted by Crippen LogP contribution is -2.43. The van der Waals surface area contributed by atoms with Gasteiger partial charge in [-0.15, -0.1) is 0 Å². The van der Waals surface area contributed by atoms with Gasteiger partial charge in [0, 0.05) is 6.42 Å². The zero-order chi connectivity index (χ0) is 11.5. The molecule has 1 heterocycles. The Morgan fingerprint density at radius 2 is 2.40 bits per heavy atom. The quantitative estimate of drug-likeness (QED) is 0.673. The third-order valence-corrected chi connectivity index (χ3v) is 2.33. The number of hydrogen-bond acceptors (Lipinski definition) is 4. The molecule has 0 aromatic heterocycles. The van der Waals surface area contributed by atoms with Crippen LogP contribution in [0.15, 0.2) is 5.16 Å². The Bertz CT molecular complexity index is 278. The summed E-state index contributed by atoms with van der Waals surface area (Å²) in [6, 6.07) is 0. The summed E-state index contributed by atoms with van der Waals surface area (Å²) in [6.07, 6.45) is 0.181. The summed E-state index contributed by atoms with van der Waals surface area (Å²) in [5, 5.41) is 3.74. The van der Waals surface area contributed by atoms with Crippen LogP contribution >= 0.6 is 0 Å². The fourth-order valence-electron chi connectivity index (χ4n) is 1.31. The van der Waals surface area contributed by atoms with Gasteiger partial charge < -0.3 is 9.57 Å². The van der Waals surface area contributed by atoms with Gasteiger partial charge in [-0.2, -0.15) is 0 Å². The molecule has 0 fully saturated rings. The van der Waals surface area contributed by atoms with E-state index in [0.29, 0.717) is 5.71 Å². The van der Waals surface area contributed by atoms with E-state index in [1.165, 1.54) is 0 Å². The molecule has 1 rings (SSSR count). The lowest BCUT2D eigenvalue weighted by molar-refractivity contribution is -0.170. The zero-order valence-corrected chi connectivity index (χ0v) is 9.25. The number of rotatable bonds is 4. The summed E-state index contributed by atoms with van der Waals surface area (Å²) in [4.78, 5) is 16.4. The van der Waals surface area contributed by atoms with Crippen LogP contribution < -0.4 is 0 Å². The van der Waals surface area contributed by atoms with Crippen LogP contribution in [-0.4, -0.2) is 30.6 Å². The summed E-state index contributed by atoms with van der Waals surface area (Å²) in [5.74, 6) is -0.528. The molecule has 0 aromatic rings. The monoisotopic (exact) mass is 217 g/mol. The molecule has 15 heavy (non-hydrogen) atoms. The summed E-state index contributed by atoms with van der Waals surface area (Å²) < 4.78 is 17.6. The Hall–Kier alpha value is -1.13. The maximum atomic E-state index is 12.9. The number of hydrogen-bond donors (Lipinski definition) is 0. The van der Waals surface area contributed by atoms with Gasteiger partial charge in [-0.3, -0.25) is 0 Å². The minimum absolute atomic E-state index is 0.146. The first-order chi connectivity index (χ1) is 7.05. The molecule has 0 aromatic carbocycles. The standard InChI is InChI=1S/C10H16FNO3/c1-4-14-9(13)10(6-11)5-8(7(2)3)12-15-10/h7H,4-6H2,1-3H3. The van der Waals surface area contributed by atoms with Crippen molar-refractivity contribution in [3.05, 3.63) is 0 Å². The van der Waals surface area contributed by atoms with Crippen molar-refractivity contribution in [3.8, 4) is 0 Å². The zero-order valence-electron chi connectivity index (χ0n) is 9.25. The maximum Gasteiger partial charge on any atom is 0.356 e. The van der Waals surface area contributed by atoms with Gasteiger partial charge >= 0.3 is 5.97 Å². The van der Waals surface area contributed by atoms with Crippen LogP contribution in [0.3, 0.4) is 0 Å². The van der Waals surface area contributed by atoms with E-state index in [0.717, 1.165) is 0 Å². The molecule has 0 N–H and O–H groups in total. The fourth-order valence-corrected chi connectivity index (χ4v) is 1.31. The third-order valence-electron chi connectivity index (χ3n) is 2.33. The smallest absolute Gasteiger partial charge is 0.356 e. The average molecular weight is 217 g/mol. The van der Waals surface area contributed by atoms with E-state index in [9.17, 15) is 9.18 Å². The molecule has 5 heteroatoms. The van der Waals surface area contributed by atoms with Gasteiger partial charge in [0.2, 0.25) is 0 Å². The molecule has 0 spiro atoms. The van der Waals surface area contributed by atoms with Gasteiger partial charge in [-0.05, 0) is 12.8 Å². The molecule has 0 aliphatic carbocycles. The molecule has 1 unspecified atom stereocenters. The molecular formula is C10H16FNO3. The second-order valence-corrected chi connectivity index (χ2v) is 3.85. The molecule has 1 atom stereocenters. The lowest BCUT2D eigenvalue weighted by atomic mass is 9.94. The molecule has 4 nitrogen and oxygen atoms in total. The van der Waals surface area contributed by atoms with E-state index in [1.807, 2.05) is 13.8 Å². The van der Waals surface area contributed by atoms with E-state index < -0.39 is 18.2 Å². The minimum Gasteiger partial charge on any atom is -0.463 e. The summed E-state index contributed by atoms with van der Waals surface area (Å²) in [7, 11) is 0. The summed E-state index contributed by atoms with van der Waals surface area (Å²) in [5.41, 5.74) is -0.837. The number of nitrogens with zero attached hydrogens (tertiary/aromatic N) is 1. The molecule has 0 saturated carbocycles. The van der Waals surface area contributed by atoms with Gasteiger partial charge in [-0.25, -0.2) is 9.18 Å². The molecule has 0 amide bonds. The van der Waals surface area contributed by atoms with Crippen molar-refractivity contribution in [3.63, 3.8) is 0 Å². The first kappa shape index (κ1) is 11.9. The molecule has 0 radical (unpaired) electrons. The van der Waals surface area contributed by atoms with E-state index >= 15 is 0 Å². The molecule has 1 aliphatic rings. The number of carbonyl (C=O) groups is 1. The first-order valence-corrected chi connectivity index (χ1v) is 5.04. The summed E-state index contributed by atoms with van der Waals surface area (Å²) >= 11 is 0. The fraction of sp³-hybridized carbons (Fsp3) is 0.800. The van der Waals surface area contributed by atoms with Gasteiger partial charge in [-0.1, -0.05) is 19.0 Å². The number of oxime groups is 1. The van der Waals surface area contributed by atoms with Crippen LogP contribution in [0.25, 0.3) is 0 Å². The SMILES string of the molecule is CCOC(=O)C1(CF)CC(C(C)C)=NO1. The van der Waals surface area contributed by atoms with Gasteiger partial charge in [0.1, 0.15) is 6.67 Å². The van der Waals surface area contributed by atoms with Crippen molar-refractivity contribution in [1.29, 1.82) is 0 Å². The van der Waals surface area contributed by atoms with Gasteiger partial charge in [0.05, 0.1) is 12.3 Å².